The Balaban J connectivity index is 1.85. The van der Waals surface area contributed by atoms with E-state index < -0.39 is 35.6 Å². The summed E-state index contributed by atoms with van der Waals surface area (Å²) in [7, 11) is 0. The smallest absolute Gasteiger partial charge is 0.319 e. The van der Waals surface area contributed by atoms with Crippen LogP contribution in [0.25, 0.3) is 0 Å². The first kappa shape index (κ1) is 18.4. The number of carbonyl (C=O) groups excluding carboxylic acids is 3. The molecule has 0 radical (unpaired) electrons. The van der Waals surface area contributed by atoms with Gasteiger partial charge in [-0.25, -0.2) is 9.18 Å². The van der Waals surface area contributed by atoms with Crippen LogP contribution in [0.4, 0.5) is 9.18 Å². The highest BCUT2D eigenvalue weighted by Crippen LogP contribution is 2.33. The minimum atomic E-state index is -1.37. The highest BCUT2D eigenvalue weighted by atomic mass is 35.5. The van der Waals surface area contributed by atoms with Crippen molar-refractivity contribution in [2.75, 3.05) is 6.54 Å². The molecule has 134 valence electrons. The molecule has 1 atom stereocenters. The Morgan fingerprint density at radius 2 is 1.77 bits per heavy atom. The predicted molar refractivity (Wildman–Crippen MR) is 94.8 cm³/mol. The van der Waals surface area contributed by atoms with Crippen molar-refractivity contribution in [2.24, 2.45) is 0 Å². The average molecular weight is 395 g/mol. The molecule has 1 aliphatic heterocycles. The summed E-state index contributed by atoms with van der Waals surface area (Å²) in [6, 6.07) is 8.78. The van der Waals surface area contributed by atoms with Crippen LogP contribution in [0.1, 0.15) is 22.8 Å². The maximum atomic E-state index is 13.0. The number of ketones is 1. The van der Waals surface area contributed by atoms with E-state index in [0.29, 0.717) is 10.6 Å². The van der Waals surface area contributed by atoms with Crippen molar-refractivity contribution in [3.63, 3.8) is 0 Å². The van der Waals surface area contributed by atoms with E-state index >= 15 is 0 Å². The maximum Gasteiger partial charge on any atom is 0.325 e. The van der Waals surface area contributed by atoms with Crippen molar-refractivity contribution < 1.29 is 18.8 Å². The molecule has 0 aromatic heterocycles. The molecule has 0 saturated carbocycles. The van der Waals surface area contributed by atoms with E-state index in [9.17, 15) is 18.8 Å². The standard InChI is InChI=1S/C18H13Cl2FN2O3/c1-18(11-4-7-13(19)14(20)8-11)16(25)23(17(26)22-18)9-15(24)10-2-5-12(21)6-3-10/h2-8H,9H2,1H3,(H,22,26). The Morgan fingerprint density at radius 3 is 2.38 bits per heavy atom. The van der Waals surface area contributed by atoms with Crippen LogP contribution in [0.2, 0.25) is 10.0 Å². The number of hydrogen-bond acceptors (Lipinski definition) is 3. The fourth-order valence-electron chi connectivity index (χ4n) is 2.71. The summed E-state index contributed by atoms with van der Waals surface area (Å²) in [5.41, 5.74) is -0.717. The lowest BCUT2D eigenvalue weighted by Crippen LogP contribution is -2.41. The second-order valence-electron chi connectivity index (χ2n) is 6.01. The summed E-state index contributed by atoms with van der Waals surface area (Å²) in [5, 5.41) is 3.14. The van der Waals surface area contributed by atoms with Crippen LogP contribution in [0, 0.1) is 5.82 Å². The molecule has 8 heteroatoms. The molecule has 26 heavy (non-hydrogen) atoms. The number of nitrogens with one attached hydrogen (secondary N) is 1. The second-order valence-corrected chi connectivity index (χ2v) is 6.82. The van der Waals surface area contributed by atoms with Crippen molar-refractivity contribution in [3.8, 4) is 0 Å². The fourth-order valence-corrected chi connectivity index (χ4v) is 3.01. The Kier molecular flexibility index (Phi) is 4.73. The Bertz CT molecular complexity index is 917. The molecule has 2 aromatic carbocycles. The molecule has 2 aromatic rings. The summed E-state index contributed by atoms with van der Waals surface area (Å²) >= 11 is 11.9. The highest BCUT2D eigenvalue weighted by molar-refractivity contribution is 6.42. The van der Waals surface area contributed by atoms with Gasteiger partial charge in [0.2, 0.25) is 0 Å². The van der Waals surface area contributed by atoms with Gasteiger partial charge in [0, 0.05) is 5.56 Å². The second kappa shape index (κ2) is 6.70. The van der Waals surface area contributed by atoms with E-state index in [1.807, 2.05) is 0 Å². The largest absolute Gasteiger partial charge is 0.325 e. The number of benzene rings is 2. The molecule has 1 N–H and O–H groups in total. The summed E-state index contributed by atoms with van der Waals surface area (Å²) in [5.74, 6) is -1.55. The first-order valence-corrected chi connectivity index (χ1v) is 8.36. The molecule has 1 unspecified atom stereocenters. The van der Waals surface area contributed by atoms with Crippen LogP contribution in [0.15, 0.2) is 42.5 Å². The minimum Gasteiger partial charge on any atom is -0.319 e. The summed E-state index contributed by atoms with van der Waals surface area (Å²) in [6.45, 7) is 1.07. The molecular formula is C18H13Cl2FN2O3. The number of amides is 3. The fraction of sp³-hybridized carbons (Fsp3) is 0.167. The van der Waals surface area contributed by atoms with Gasteiger partial charge in [0.15, 0.2) is 5.78 Å². The SMILES string of the molecule is CC1(c2ccc(Cl)c(Cl)c2)NC(=O)N(CC(=O)c2ccc(F)cc2)C1=O. The van der Waals surface area contributed by atoms with E-state index in [1.165, 1.54) is 31.2 Å². The first-order valence-electron chi connectivity index (χ1n) is 7.61. The maximum absolute atomic E-state index is 13.0. The number of imide groups is 1. The number of carbonyl (C=O) groups is 3. The van der Waals surface area contributed by atoms with Gasteiger partial charge in [-0.15, -0.1) is 0 Å². The van der Waals surface area contributed by atoms with Crippen molar-refractivity contribution in [1.82, 2.24) is 10.2 Å². The molecule has 1 saturated heterocycles. The highest BCUT2D eigenvalue weighted by Gasteiger charge is 2.49. The zero-order chi connectivity index (χ0) is 19.1. The third-order valence-electron chi connectivity index (χ3n) is 4.24. The summed E-state index contributed by atoms with van der Waals surface area (Å²) in [4.78, 5) is 38.2. The molecule has 5 nitrogen and oxygen atoms in total. The van der Waals surface area contributed by atoms with Crippen molar-refractivity contribution in [3.05, 3.63) is 69.5 Å². The monoisotopic (exact) mass is 394 g/mol. The number of urea groups is 1. The Labute approximate surface area is 158 Å². The van der Waals surface area contributed by atoms with Crippen molar-refractivity contribution in [2.45, 2.75) is 12.5 Å². The molecule has 3 amide bonds. The number of rotatable bonds is 4. The van der Waals surface area contributed by atoms with Crippen LogP contribution in [0.3, 0.4) is 0 Å². The lowest BCUT2D eigenvalue weighted by atomic mass is 9.92. The van der Waals surface area contributed by atoms with Crippen molar-refractivity contribution >= 4 is 40.9 Å². The molecule has 1 heterocycles. The number of halogens is 3. The van der Waals surface area contributed by atoms with Gasteiger partial charge in [0.1, 0.15) is 11.4 Å². The van der Waals surface area contributed by atoms with Crippen LogP contribution in [-0.2, 0) is 10.3 Å². The van der Waals surface area contributed by atoms with Crippen LogP contribution in [0.5, 0.6) is 0 Å². The lowest BCUT2D eigenvalue weighted by Gasteiger charge is -2.22. The van der Waals surface area contributed by atoms with Gasteiger partial charge in [0.25, 0.3) is 5.91 Å². The van der Waals surface area contributed by atoms with Gasteiger partial charge < -0.3 is 5.32 Å². The van der Waals surface area contributed by atoms with Gasteiger partial charge in [-0.2, -0.15) is 0 Å². The van der Waals surface area contributed by atoms with Gasteiger partial charge in [-0.3, -0.25) is 14.5 Å². The Morgan fingerprint density at radius 1 is 1.12 bits per heavy atom. The van der Waals surface area contributed by atoms with E-state index in [4.69, 9.17) is 23.2 Å². The molecule has 1 fully saturated rings. The predicted octanol–water partition coefficient (Wildman–Crippen LogP) is 3.78. The third kappa shape index (κ3) is 3.18. The summed E-state index contributed by atoms with van der Waals surface area (Å²) in [6.07, 6.45) is 0. The van der Waals surface area contributed by atoms with Crippen LogP contribution in [-0.4, -0.2) is 29.2 Å². The summed E-state index contributed by atoms with van der Waals surface area (Å²) < 4.78 is 13.0. The minimum absolute atomic E-state index is 0.204. The molecule has 0 bridgehead atoms. The molecule has 3 rings (SSSR count). The van der Waals surface area contributed by atoms with E-state index in [-0.39, 0.29) is 10.6 Å². The third-order valence-corrected chi connectivity index (χ3v) is 4.98. The van der Waals surface area contributed by atoms with Gasteiger partial charge in [-0.1, -0.05) is 29.3 Å². The molecule has 0 spiro atoms. The zero-order valence-electron chi connectivity index (χ0n) is 13.6. The van der Waals surface area contributed by atoms with Gasteiger partial charge in [0.05, 0.1) is 16.6 Å². The van der Waals surface area contributed by atoms with E-state index in [1.54, 1.807) is 6.07 Å². The quantitative estimate of drug-likeness (QED) is 0.633. The van der Waals surface area contributed by atoms with E-state index in [0.717, 1.165) is 17.0 Å². The van der Waals surface area contributed by atoms with Gasteiger partial charge in [-0.05, 0) is 48.9 Å². The number of hydrogen-bond donors (Lipinski definition) is 1. The normalized spacial score (nSPS) is 19.6. The van der Waals surface area contributed by atoms with Crippen LogP contribution >= 0.6 is 23.2 Å². The molecule has 0 aliphatic carbocycles. The topological polar surface area (TPSA) is 66.5 Å². The zero-order valence-corrected chi connectivity index (χ0v) is 15.1. The van der Waals surface area contributed by atoms with Crippen LogP contribution < -0.4 is 5.32 Å². The Hall–Kier alpha value is -2.44. The lowest BCUT2D eigenvalue weighted by molar-refractivity contribution is -0.130. The number of Topliss-reactive ketones (excluding diaryl/α,β-unsaturated/α-hetero) is 1. The molecular weight excluding hydrogens is 382 g/mol. The average Bonchev–Trinajstić information content (AvgIpc) is 2.82. The number of nitrogens with zero attached hydrogens (tertiary/aromatic N) is 1. The first-order chi connectivity index (χ1) is 12.2. The molecule has 1 aliphatic rings. The van der Waals surface area contributed by atoms with E-state index in [2.05, 4.69) is 5.32 Å². The van der Waals surface area contributed by atoms with Gasteiger partial charge >= 0.3 is 6.03 Å². The van der Waals surface area contributed by atoms with Crippen molar-refractivity contribution in [1.29, 1.82) is 0 Å².